The molecule has 3 nitrogen and oxygen atoms in total. The molecule has 0 amide bonds. The van der Waals surface area contributed by atoms with Crippen molar-refractivity contribution in [2.24, 2.45) is 12.8 Å². The van der Waals surface area contributed by atoms with E-state index in [0.717, 1.165) is 12.1 Å². The lowest BCUT2D eigenvalue weighted by Crippen LogP contribution is -2.08. The van der Waals surface area contributed by atoms with Crippen LogP contribution in [-0.4, -0.2) is 9.78 Å². The standard InChI is InChI=1S/C8H15N3/c1-4-7-5-11(3)10-8(7)6(2)9/h5-6H,4,9H2,1-3H3. The molecule has 1 heterocycles. The molecule has 0 saturated carbocycles. The van der Waals surface area contributed by atoms with E-state index < -0.39 is 0 Å². The second kappa shape index (κ2) is 3.05. The molecule has 0 aromatic carbocycles. The molecule has 0 spiro atoms. The topological polar surface area (TPSA) is 43.8 Å². The summed E-state index contributed by atoms with van der Waals surface area (Å²) in [7, 11) is 1.92. The Morgan fingerprint density at radius 1 is 1.73 bits per heavy atom. The number of rotatable bonds is 2. The zero-order chi connectivity index (χ0) is 8.43. The molecule has 0 radical (unpaired) electrons. The van der Waals surface area contributed by atoms with Gasteiger partial charge in [0.15, 0.2) is 0 Å². The van der Waals surface area contributed by atoms with Crippen molar-refractivity contribution in [1.82, 2.24) is 9.78 Å². The maximum Gasteiger partial charge on any atom is 0.0820 e. The van der Waals surface area contributed by atoms with Crippen molar-refractivity contribution in [2.45, 2.75) is 26.3 Å². The van der Waals surface area contributed by atoms with Gasteiger partial charge >= 0.3 is 0 Å². The van der Waals surface area contributed by atoms with Crippen molar-refractivity contribution in [3.63, 3.8) is 0 Å². The van der Waals surface area contributed by atoms with E-state index in [0.29, 0.717) is 0 Å². The van der Waals surface area contributed by atoms with Gasteiger partial charge in [-0.1, -0.05) is 6.92 Å². The second-order valence-electron chi connectivity index (χ2n) is 2.86. The van der Waals surface area contributed by atoms with E-state index in [4.69, 9.17) is 5.73 Å². The highest BCUT2D eigenvalue weighted by Gasteiger charge is 2.08. The Kier molecular flexibility index (Phi) is 2.29. The van der Waals surface area contributed by atoms with E-state index in [1.165, 1.54) is 5.56 Å². The summed E-state index contributed by atoms with van der Waals surface area (Å²) in [5, 5.41) is 4.27. The molecule has 3 heteroatoms. The molecule has 11 heavy (non-hydrogen) atoms. The lowest BCUT2D eigenvalue weighted by Gasteiger charge is -2.01. The summed E-state index contributed by atoms with van der Waals surface area (Å²) in [6, 6.07) is 0.0474. The number of hydrogen-bond acceptors (Lipinski definition) is 2. The van der Waals surface area contributed by atoms with Gasteiger partial charge in [0.1, 0.15) is 0 Å². The molecule has 0 aliphatic rings. The lowest BCUT2D eigenvalue weighted by atomic mass is 10.1. The molecular formula is C8H15N3. The average molecular weight is 153 g/mol. The van der Waals surface area contributed by atoms with Crippen LogP contribution in [0.2, 0.25) is 0 Å². The fraction of sp³-hybridized carbons (Fsp3) is 0.625. The minimum Gasteiger partial charge on any atom is -0.323 e. The van der Waals surface area contributed by atoms with Gasteiger partial charge in [0, 0.05) is 19.3 Å². The number of nitrogens with zero attached hydrogens (tertiary/aromatic N) is 2. The van der Waals surface area contributed by atoms with E-state index in [-0.39, 0.29) is 6.04 Å². The van der Waals surface area contributed by atoms with E-state index in [2.05, 4.69) is 12.0 Å². The van der Waals surface area contributed by atoms with Crippen molar-refractivity contribution >= 4 is 0 Å². The van der Waals surface area contributed by atoms with Crippen molar-refractivity contribution < 1.29 is 0 Å². The highest BCUT2D eigenvalue weighted by atomic mass is 15.3. The van der Waals surface area contributed by atoms with Crippen LogP contribution < -0.4 is 5.73 Å². The van der Waals surface area contributed by atoms with Gasteiger partial charge in [-0.15, -0.1) is 0 Å². The number of aryl methyl sites for hydroxylation is 2. The van der Waals surface area contributed by atoms with Gasteiger partial charge in [0.05, 0.1) is 5.69 Å². The maximum absolute atomic E-state index is 5.73. The molecule has 1 rings (SSSR count). The van der Waals surface area contributed by atoms with Crippen LogP contribution >= 0.6 is 0 Å². The SMILES string of the molecule is CCc1cn(C)nc1C(C)N. The molecule has 0 aliphatic carbocycles. The van der Waals surface area contributed by atoms with Crippen LogP contribution in [0.25, 0.3) is 0 Å². The average Bonchev–Trinajstić information content (AvgIpc) is 2.30. The van der Waals surface area contributed by atoms with Gasteiger partial charge in [0.2, 0.25) is 0 Å². The number of nitrogens with two attached hydrogens (primary N) is 1. The first kappa shape index (κ1) is 8.27. The van der Waals surface area contributed by atoms with Crippen LogP contribution in [0.1, 0.15) is 31.1 Å². The van der Waals surface area contributed by atoms with Crippen LogP contribution in [-0.2, 0) is 13.5 Å². The molecular weight excluding hydrogens is 138 g/mol. The fourth-order valence-corrected chi connectivity index (χ4v) is 1.21. The second-order valence-corrected chi connectivity index (χ2v) is 2.86. The normalized spacial score (nSPS) is 13.5. The summed E-state index contributed by atoms with van der Waals surface area (Å²) >= 11 is 0. The summed E-state index contributed by atoms with van der Waals surface area (Å²) in [5.74, 6) is 0. The molecule has 62 valence electrons. The van der Waals surface area contributed by atoms with Crippen LogP contribution in [0.15, 0.2) is 6.20 Å². The summed E-state index contributed by atoms with van der Waals surface area (Å²) in [5.41, 5.74) is 8.00. The molecule has 1 unspecified atom stereocenters. The van der Waals surface area contributed by atoms with Crippen LogP contribution in [0.3, 0.4) is 0 Å². The van der Waals surface area contributed by atoms with Crippen molar-refractivity contribution in [1.29, 1.82) is 0 Å². The Hall–Kier alpha value is -0.830. The van der Waals surface area contributed by atoms with Gasteiger partial charge in [-0.25, -0.2) is 0 Å². The van der Waals surface area contributed by atoms with Gasteiger partial charge < -0.3 is 5.73 Å². The first-order valence-electron chi connectivity index (χ1n) is 3.93. The Bertz CT molecular complexity index is 237. The quantitative estimate of drug-likeness (QED) is 0.689. The summed E-state index contributed by atoms with van der Waals surface area (Å²) in [4.78, 5) is 0. The predicted octanol–water partition coefficient (Wildman–Crippen LogP) is 1.00. The number of aromatic nitrogens is 2. The first-order valence-corrected chi connectivity index (χ1v) is 3.93. The van der Waals surface area contributed by atoms with Crippen molar-refractivity contribution in [2.75, 3.05) is 0 Å². The highest BCUT2D eigenvalue weighted by Crippen LogP contribution is 2.13. The van der Waals surface area contributed by atoms with Crippen molar-refractivity contribution in [3.05, 3.63) is 17.5 Å². The molecule has 1 aromatic heterocycles. The summed E-state index contributed by atoms with van der Waals surface area (Å²) < 4.78 is 1.82. The monoisotopic (exact) mass is 153 g/mol. The Morgan fingerprint density at radius 2 is 2.36 bits per heavy atom. The predicted molar refractivity (Wildman–Crippen MR) is 45.2 cm³/mol. The van der Waals surface area contributed by atoms with E-state index >= 15 is 0 Å². The maximum atomic E-state index is 5.73. The smallest absolute Gasteiger partial charge is 0.0820 e. The third kappa shape index (κ3) is 1.60. The largest absolute Gasteiger partial charge is 0.323 e. The summed E-state index contributed by atoms with van der Waals surface area (Å²) in [6.07, 6.45) is 3.03. The molecule has 0 bridgehead atoms. The molecule has 2 N–H and O–H groups in total. The van der Waals surface area contributed by atoms with Crippen LogP contribution in [0.4, 0.5) is 0 Å². The van der Waals surface area contributed by atoms with Crippen LogP contribution in [0, 0.1) is 0 Å². The van der Waals surface area contributed by atoms with E-state index in [1.807, 2.05) is 24.9 Å². The number of hydrogen-bond donors (Lipinski definition) is 1. The van der Waals surface area contributed by atoms with Gasteiger partial charge in [-0.05, 0) is 18.9 Å². The third-order valence-electron chi connectivity index (χ3n) is 1.75. The van der Waals surface area contributed by atoms with Crippen LogP contribution in [0.5, 0.6) is 0 Å². The fourth-order valence-electron chi connectivity index (χ4n) is 1.21. The van der Waals surface area contributed by atoms with E-state index in [1.54, 1.807) is 0 Å². The minimum atomic E-state index is 0.0474. The van der Waals surface area contributed by atoms with Gasteiger partial charge in [-0.2, -0.15) is 5.10 Å². The van der Waals surface area contributed by atoms with Gasteiger partial charge in [0.25, 0.3) is 0 Å². The molecule has 1 aromatic rings. The zero-order valence-corrected chi connectivity index (χ0v) is 7.33. The van der Waals surface area contributed by atoms with Gasteiger partial charge in [-0.3, -0.25) is 4.68 Å². The minimum absolute atomic E-state index is 0.0474. The summed E-state index contributed by atoms with van der Waals surface area (Å²) in [6.45, 7) is 4.07. The van der Waals surface area contributed by atoms with Crippen molar-refractivity contribution in [3.8, 4) is 0 Å². The Morgan fingerprint density at radius 3 is 2.73 bits per heavy atom. The molecule has 0 saturated heterocycles. The molecule has 1 atom stereocenters. The first-order chi connectivity index (χ1) is 5.15. The Labute approximate surface area is 67.2 Å². The zero-order valence-electron chi connectivity index (χ0n) is 7.33. The lowest BCUT2D eigenvalue weighted by molar-refractivity contribution is 0.697. The molecule has 0 aliphatic heterocycles. The molecule has 0 fully saturated rings. The highest BCUT2D eigenvalue weighted by molar-refractivity contribution is 5.19. The van der Waals surface area contributed by atoms with E-state index in [9.17, 15) is 0 Å². The Balaban J connectivity index is 3.02. The third-order valence-corrected chi connectivity index (χ3v) is 1.75.